The van der Waals surface area contributed by atoms with E-state index in [0.29, 0.717) is 6.42 Å². The highest BCUT2D eigenvalue weighted by Gasteiger charge is 2.17. The summed E-state index contributed by atoms with van der Waals surface area (Å²) in [4.78, 5) is 26.6. The molecule has 0 fully saturated rings. The minimum Gasteiger partial charge on any atom is -0.481 e. The molecule has 1 atom stereocenters. The average molecular weight is 315 g/mol. The van der Waals surface area contributed by atoms with Gasteiger partial charge in [0.15, 0.2) is 0 Å². The Labute approximate surface area is 114 Å². The molecule has 1 aromatic heterocycles. The first-order chi connectivity index (χ1) is 8.54. The number of carbonyl (C=O) groups excluding carboxylic acids is 1. The van der Waals surface area contributed by atoms with Gasteiger partial charge >= 0.3 is 5.97 Å². The maximum atomic E-state index is 11.7. The van der Waals surface area contributed by atoms with Gasteiger partial charge in [-0.1, -0.05) is 13.3 Å². The molecule has 1 aromatic rings. The number of nitrogens with one attached hydrogen (secondary N) is 1. The SMILES string of the molecule is CCCC(CNC(=O)c1ccc(Br)cn1)C(=O)O. The Hall–Kier alpha value is -1.43. The number of pyridine rings is 1. The summed E-state index contributed by atoms with van der Waals surface area (Å²) >= 11 is 3.22. The molecule has 0 aromatic carbocycles. The number of halogens is 1. The third kappa shape index (κ3) is 4.44. The molecular formula is C12H15BrN2O3. The van der Waals surface area contributed by atoms with Crippen molar-refractivity contribution in [3.63, 3.8) is 0 Å². The molecule has 1 heterocycles. The van der Waals surface area contributed by atoms with Crippen LogP contribution in [0.3, 0.4) is 0 Å². The van der Waals surface area contributed by atoms with Crippen molar-refractivity contribution in [3.05, 3.63) is 28.5 Å². The average Bonchev–Trinajstić information content (AvgIpc) is 2.34. The van der Waals surface area contributed by atoms with Gasteiger partial charge in [0.05, 0.1) is 5.92 Å². The molecule has 0 aliphatic carbocycles. The van der Waals surface area contributed by atoms with Crippen molar-refractivity contribution in [2.75, 3.05) is 6.54 Å². The molecule has 1 amide bonds. The van der Waals surface area contributed by atoms with Crippen LogP contribution in [0.15, 0.2) is 22.8 Å². The van der Waals surface area contributed by atoms with E-state index in [9.17, 15) is 9.59 Å². The first-order valence-corrected chi connectivity index (χ1v) is 6.46. The van der Waals surface area contributed by atoms with E-state index >= 15 is 0 Å². The summed E-state index contributed by atoms with van der Waals surface area (Å²) in [5.74, 6) is -1.79. The number of amides is 1. The second-order valence-corrected chi connectivity index (χ2v) is 4.81. The second-order valence-electron chi connectivity index (χ2n) is 3.90. The Balaban J connectivity index is 2.54. The van der Waals surface area contributed by atoms with Crippen molar-refractivity contribution in [3.8, 4) is 0 Å². The topological polar surface area (TPSA) is 79.3 Å². The molecule has 2 N–H and O–H groups in total. The van der Waals surface area contributed by atoms with Crippen molar-refractivity contribution >= 4 is 27.8 Å². The highest BCUT2D eigenvalue weighted by molar-refractivity contribution is 9.10. The van der Waals surface area contributed by atoms with E-state index in [2.05, 4.69) is 26.2 Å². The van der Waals surface area contributed by atoms with Crippen molar-refractivity contribution in [1.82, 2.24) is 10.3 Å². The molecule has 0 saturated carbocycles. The summed E-state index contributed by atoms with van der Waals surface area (Å²) in [5, 5.41) is 11.5. The molecule has 0 saturated heterocycles. The van der Waals surface area contributed by atoms with Crippen LogP contribution >= 0.6 is 15.9 Å². The molecule has 98 valence electrons. The van der Waals surface area contributed by atoms with E-state index in [1.165, 1.54) is 6.20 Å². The molecule has 5 nitrogen and oxygen atoms in total. The number of rotatable bonds is 6. The lowest BCUT2D eigenvalue weighted by Gasteiger charge is -2.11. The number of nitrogens with zero attached hydrogens (tertiary/aromatic N) is 1. The quantitative estimate of drug-likeness (QED) is 0.842. The molecule has 6 heteroatoms. The Morgan fingerprint density at radius 2 is 2.22 bits per heavy atom. The van der Waals surface area contributed by atoms with E-state index < -0.39 is 11.9 Å². The van der Waals surface area contributed by atoms with Crippen LogP contribution in [0.1, 0.15) is 30.3 Å². The largest absolute Gasteiger partial charge is 0.481 e. The van der Waals surface area contributed by atoms with Gasteiger partial charge in [0.2, 0.25) is 0 Å². The molecule has 18 heavy (non-hydrogen) atoms. The fourth-order valence-electron chi connectivity index (χ4n) is 1.48. The van der Waals surface area contributed by atoms with Gasteiger partial charge in [-0.25, -0.2) is 4.98 Å². The number of carboxylic acids is 1. The highest BCUT2D eigenvalue weighted by Crippen LogP contribution is 2.08. The number of carboxylic acid groups (broad SMARTS) is 1. The van der Waals surface area contributed by atoms with Crippen molar-refractivity contribution in [1.29, 1.82) is 0 Å². The number of aliphatic carboxylic acids is 1. The fourth-order valence-corrected chi connectivity index (χ4v) is 1.71. The van der Waals surface area contributed by atoms with Crippen molar-refractivity contribution in [2.24, 2.45) is 5.92 Å². The van der Waals surface area contributed by atoms with Crippen LogP contribution in [0.4, 0.5) is 0 Å². The number of carbonyl (C=O) groups is 2. The van der Waals surface area contributed by atoms with Crippen LogP contribution in [-0.4, -0.2) is 28.5 Å². The molecule has 1 unspecified atom stereocenters. The molecule has 0 aliphatic heterocycles. The van der Waals surface area contributed by atoms with E-state index in [4.69, 9.17) is 5.11 Å². The monoisotopic (exact) mass is 314 g/mol. The zero-order chi connectivity index (χ0) is 13.5. The highest BCUT2D eigenvalue weighted by atomic mass is 79.9. The first-order valence-electron chi connectivity index (χ1n) is 5.67. The van der Waals surface area contributed by atoms with Crippen LogP contribution in [0, 0.1) is 5.92 Å². The molecular weight excluding hydrogens is 300 g/mol. The summed E-state index contributed by atoms with van der Waals surface area (Å²) < 4.78 is 0.786. The van der Waals surface area contributed by atoms with Gasteiger partial charge in [0.25, 0.3) is 5.91 Å². The zero-order valence-corrected chi connectivity index (χ0v) is 11.6. The van der Waals surface area contributed by atoms with Gasteiger partial charge in [-0.2, -0.15) is 0 Å². The summed E-state index contributed by atoms with van der Waals surface area (Å²) in [6, 6.07) is 3.29. The maximum absolute atomic E-state index is 11.7. The van der Waals surface area contributed by atoms with E-state index in [-0.39, 0.29) is 18.1 Å². The van der Waals surface area contributed by atoms with Gasteiger partial charge in [0.1, 0.15) is 5.69 Å². The van der Waals surface area contributed by atoms with Crippen molar-refractivity contribution in [2.45, 2.75) is 19.8 Å². The Kier molecular flexibility index (Phi) is 5.77. The fraction of sp³-hybridized carbons (Fsp3) is 0.417. The van der Waals surface area contributed by atoms with Crippen LogP contribution < -0.4 is 5.32 Å². The third-order valence-corrected chi connectivity index (χ3v) is 2.92. The Morgan fingerprint density at radius 1 is 1.50 bits per heavy atom. The minimum absolute atomic E-state index is 0.125. The van der Waals surface area contributed by atoms with Gasteiger partial charge < -0.3 is 10.4 Å². The van der Waals surface area contributed by atoms with Gasteiger partial charge in [-0.3, -0.25) is 9.59 Å². The molecule has 0 radical (unpaired) electrons. The third-order valence-electron chi connectivity index (χ3n) is 2.46. The van der Waals surface area contributed by atoms with Crippen LogP contribution in [0.25, 0.3) is 0 Å². The van der Waals surface area contributed by atoms with Crippen molar-refractivity contribution < 1.29 is 14.7 Å². The summed E-state index contributed by atoms with van der Waals surface area (Å²) in [7, 11) is 0. The molecule has 0 aliphatic rings. The smallest absolute Gasteiger partial charge is 0.308 e. The predicted octanol–water partition coefficient (Wildman–Crippen LogP) is 2.07. The van der Waals surface area contributed by atoms with Gasteiger partial charge in [0, 0.05) is 17.2 Å². The lowest BCUT2D eigenvalue weighted by Crippen LogP contribution is -2.33. The van der Waals surface area contributed by atoms with Crippen LogP contribution in [0.2, 0.25) is 0 Å². The number of hydrogen-bond acceptors (Lipinski definition) is 3. The number of hydrogen-bond donors (Lipinski definition) is 2. The minimum atomic E-state index is -0.888. The maximum Gasteiger partial charge on any atom is 0.308 e. The molecule has 0 bridgehead atoms. The Morgan fingerprint density at radius 3 is 2.72 bits per heavy atom. The number of aromatic nitrogens is 1. The second kappa shape index (κ2) is 7.10. The van der Waals surface area contributed by atoms with E-state index in [1.54, 1.807) is 12.1 Å². The van der Waals surface area contributed by atoms with Gasteiger partial charge in [-0.05, 0) is 34.5 Å². The van der Waals surface area contributed by atoms with E-state index in [1.807, 2.05) is 6.92 Å². The summed E-state index contributed by atoms with van der Waals surface area (Å²) in [5.41, 5.74) is 0.277. The first kappa shape index (κ1) is 14.6. The summed E-state index contributed by atoms with van der Waals surface area (Å²) in [6.07, 6.45) is 2.84. The Bertz CT molecular complexity index is 420. The predicted molar refractivity (Wildman–Crippen MR) is 70.3 cm³/mol. The normalized spacial score (nSPS) is 11.9. The van der Waals surface area contributed by atoms with Crippen LogP contribution in [-0.2, 0) is 4.79 Å². The standard InChI is InChI=1S/C12H15BrN2O3/c1-2-3-8(12(17)18)6-15-11(16)10-5-4-9(13)7-14-10/h4-5,7-8H,2-3,6H2,1H3,(H,15,16)(H,17,18). The molecule has 0 spiro atoms. The van der Waals surface area contributed by atoms with Gasteiger partial charge in [-0.15, -0.1) is 0 Å². The lowest BCUT2D eigenvalue weighted by molar-refractivity contribution is -0.141. The summed E-state index contributed by atoms with van der Waals surface area (Å²) in [6.45, 7) is 2.04. The van der Waals surface area contributed by atoms with E-state index in [0.717, 1.165) is 10.9 Å². The lowest BCUT2D eigenvalue weighted by atomic mass is 10.0. The zero-order valence-electron chi connectivity index (χ0n) is 10.0. The molecule has 1 rings (SSSR count). The van der Waals surface area contributed by atoms with Crippen LogP contribution in [0.5, 0.6) is 0 Å².